The molecule has 1 unspecified atom stereocenters. The molecule has 0 aliphatic carbocycles. The molecule has 212 valence electrons. The van der Waals surface area contributed by atoms with Crippen LogP contribution in [0.4, 0.5) is 5.69 Å². The molecule has 2 aliphatic rings. The van der Waals surface area contributed by atoms with Crippen LogP contribution in [0.3, 0.4) is 0 Å². The van der Waals surface area contributed by atoms with Gasteiger partial charge < -0.3 is 19.5 Å². The molecule has 8 nitrogen and oxygen atoms in total. The van der Waals surface area contributed by atoms with Gasteiger partial charge in [-0.2, -0.15) is 5.10 Å². The lowest BCUT2D eigenvalue weighted by atomic mass is 9.99. The summed E-state index contributed by atoms with van der Waals surface area (Å²) in [6.45, 7) is 6.65. The van der Waals surface area contributed by atoms with Gasteiger partial charge in [0.15, 0.2) is 5.82 Å². The van der Waals surface area contributed by atoms with Gasteiger partial charge in [-0.05, 0) is 82.1 Å². The van der Waals surface area contributed by atoms with Crippen LogP contribution in [-0.4, -0.2) is 62.3 Å². The van der Waals surface area contributed by atoms with E-state index in [9.17, 15) is 0 Å². The van der Waals surface area contributed by atoms with Crippen molar-refractivity contribution in [1.82, 2.24) is 30.0 Å². The zero-order valence-corrected chi connectivity index (χ0v) is 24.5. The number of fused-ring (bicyclic) bond motifs is 2. The van der Waals surface area contributed by atoms with Crippen LogP contribution >= 0.6 is 23.2 Å². The molecule has 2 aliphatic heterocycles. The normalized spacial score (nSPS) is 17.9. The van der Waals surface area contributed by atoms with Crippen LogP contribution in [0.1, 0.15) is 50.7 Å². The lowest BCUT2D eigenvalue weighted by molar-refractivity contribution is 0.141. The standard InChI is InChI=1S/C31H33Cl2N7O/c1-19(29-24(32)17-34-18-25(29)33)41-22-6-8-26-23(16-22)30(38-37-26)31-35-27-7-5-21(15-28(27)36-31)40-13-9-20(10-14-40)39-11-3-2-4-12-39/h5-8,15-20H,2-4,9-14H2,1H3,(H,35,36)(H,37,38). The maximum absolute atomic E-state index is 6.35. The Kier molecular flexibility index (Phi) is 7.23. The molecule has 0 amide bonds. The molecule has 0 bridgehead atoms. The molecular weight excluding hydrogens is 557 g/mol. The van der Waals surface area contributed by atoms with Crippen LogP contribution in [0.15, 0.2) is 48.8 Å². The van der Waals surface area contributed by atoms with Gasteiger partial charge in [-0.1, -0.05) is 29.6 Å². The number of aromatic amines is 2. The van der Waals surface area contributed by atoms with Crippen LogP contribution in [0, 0.1) is 0 Å². The Morgan fingerprint density at radius 2 is 1.71 bits per heavy atom. The summed E-state index contributed by atoms with van der Waals surface area (Å²) in [4.78, 5) is 17.7. The highest BCUT2D eigenvalue weighted by molar-refractivity contribution is 6.35. The van der Waals surface area contributed by atoms with Gasteiger partial charge in [0.1, 0.15) is 17.5 Å². The number of nitrogens with one attached hydrogen (secondary N) is 2. The van der Waals surface area contributed by atoms with Gasteiger partial charge in [0.05, 0.1) is 26.6 Å². The number of aromatic nitrogens is 5. The number of likely N-dealkylation sites (tertiary alicyclic amines) is 1. The van der Waals surface area contributed by atoms with Crippen molar-refractivity contribution >= 4 is 50.8 Å². The highest BCUT2D eigenvalue weighted by Crippen LogP contribution is 2.35. The van der Waals surface area contributed by atoms with Gasteiger partial charge >= 0.3 is 0 Å². The number of benzene rings is 2. The summed E-state index contributed by atoms with van der Waals surface area (Å²) in [5, 5.41) is 9.59. The van der Waals surface area contributed by atoms with Crippen molar-refractivity contribution in [2.24, 2.45) is 0 Å². The van der Waals surface area contributed by atoms with Crippen molar-refractivity contribution in [2.45, 2.75) is 51.2 Å². The van der Waals surface area contributed by atoms with Crippen molar-refractivity contribution in [3.8, 4) is 17.3 Å². The number of imidazole rings is 1. The van der Waals surface area contributed by atoms with E-state index < -0.39 is 0 Å². The number of hydrogen-bond acceptors (Lipinski definition) is 6. The Bertz CT molecular complexity index is 1660. The first-order valence-electron chi connectivity index (χ1n) is 14.5. The average molecular weight is 591 g/mol. The van der Waals surface area contributed by atoms with Crippen molar-refractivity contribution in [3.05, 3.63) is 64.4 Å². The lowest BCUT2D eigenvalue weighted by Gasteiger charge is -2.41. The third-order valence-electron chi connectivity index (χ3n) is 8.57. The van der Waals surface area contributed by atoms with Crippen LogP contribution < -0.4 is 9.64 Å². The van der Waals surface area contributed by atoms with Crippen LogP contribution in [0.2, 0.25) is 10.0 Å². The Hall–Kier alpha value is -3.33. The smallest absolute Gasteiger partial charge is 0.159 e. The Labute approximate surface area is 249 Å². The third kappa shape index (κ3) is 5.25. The number of piperidine rings is 2. The van der Waals surface area contributed by atoms with Gasteiger partial charge in [0, 0.05) is 48.2 Å². The summed E-state index contributed by atoms with van der Waals surface area (Å²) in [7, 11) is 0. The molecule has 10 heteroatoms. The van der Waals surface area contributed by atoms with Crippen molar-refractivity contribution in [1.29, 1.82) is 0 Å². The molecule has 5 heterocycles. The van der Waals surface area contributed by atoms with Gasteiger partial charge in [-0.25, -0.2) is 4.98 Å². The van der Waals surface area contributed by atoms with Crippen molar-refractivity contribution in [3.63, 3.8) is 0 Å². The molecular formula is C31H33Cl2N7O. The number of pyridine rings is 1. The van der Waals surface area contributed by atoms with Crippen LogP contribution in [-0.2, 0) is 0 Å². The summed E-state index contributed by atoms with van der Waals surface area (Å²) in [5.74, 6) is 1.40. The minimum atomic E-state index is -0.361. The Morgan fingerprint density at radius 3 is 2.49 bits per heavy atom. The topological polar surface area (TPSA) is 86.0 Å². The molecule has 2 N–H and O–H groups in total. The predicted octanol–water partition coefficient (Wildman–Crippen LogP) is 7.40. The molecule has 2 saturated heterocycles. The number of nitrogens with zero attached hydrogens (tertiary/aromatic N) is 5. The zero-order valence-electron chi connectivity index (χ0n) is 23.0. The molecule has 2 aromatic carbocycles. The van der Waals surface area contributed by atoms with Gasteiger partial charge in [-0.15, -0.1) is 0 Å². The second-order valence-corrected chi connectivity index (χ2v) is 12.0. The monoisotopic (exact) mass is 589 g/mol. The Morgan fingerprint density at radius 1 is 0.927 bits per heavy atom. The summed E-state index contributed by atoms with van der Waals surface area (Å²) < 4.78 is 6.24. The molecule has 0 radical (unpaired) electrons. The molecule has 41 heavy (non-hydrogen) atoms. The number of rotatable bonds is 6. The first-order chi connectivity index (χ1) is 20.0. The number of halogens is 2. The largest absolute Gasteiger partial charge is 0.486 e. The van der Waals surface area contributed by atoms with E-state index in [1.807, 2.05) is 25.1 Å². The van der Waals surface area contributed by atoms with E-state index in [0.29, 0.717) is 21.4 Å². The Balaban J connectivity index is 1.11. The van der Waals surface area contributed by atoms with Crippen LogP contribution in [0.25, 0.3) is 33.5 Å². The van der Waals surface area contributed by atoms with E-state index in [1.165, 1.54) is 50.9 Å². The third-order valence-corrected chi connectivity index (χ3v) is 9.17. The highest BCUT2D eigenvalue weighted by Gasteiger charge is 2.26. The van der Waals surface area contributed by atoms with E-state index in [2.05, 4.69) is 48.2 Å². The first-order valence-corrected chi connectivity index (χ1v) is 15.2. The van der Waals surface area contributed by atoms with Gasteiger partial charge in [0.2, 0.25) is 0 Å². The highest BCUT2D eigenvalue weighted by atomic mass is 35.5. The molecule has 0 saturated carbocycles. The van der Waals surface area contributed by atoms with Gasteiger partial charge in [0.25, 0.3) is 0 Å². The van der Waals surface area contributed by atoms with E-state index in [-0.39, 0.29) is 6.10 Å². The molecule has 0 spiro atoms. The fraction of sp³-hybridized carbons (Fsp3) is 0.387. The number of hydrogen-bond donors (Lipinski definition) is 2. The fourth-order valence-electron chi connectivity index (χ4n) is 6.40. The minimum Gasteiger partial charge on any atom is -0.486 e. The second-order valence-electron chi connectivity index (χ2n) is 11.2. The summed E-state index contributed by atoms with van der Waals surface area (Å²) in [5.41, 5.74) is 5.53. The second kappa shape index (κ2) is 11.2. The quantitative estimate of drug-likeness (QED) is 0.214. The lowest BCUT2D eigenvalue weighted by Crippen LogP contribution is -2.46. The summed E-state index contributed by atoms with van der Waals surface area (Å²) >= 11 is 12.7. The predicted molar refractivity (Wildman–Crippen MR) is 165 cm³/mol. The summed E-state index contributed by atoms with van der Waals surface area (Å²) in [6.07, 6.45) is 9.35. The van der Waals surface area contributed by atoms with E-state index >= 15 is 0 Å². The van der Waals surface area contributed by atoms with E-state index in [0.717, 1.165) is 52.6 Å². The van der Waals surface area contributed by atoms with E-state index in [4.69, 9.17) is 32.9 Å². The number of ether oxygens (including phenoxy) is 1. The van der Waals surface area contributed by atoms with Crippen molar-refractivity contribution < 1.29 is 4.74 Å². The molecule has 7 rings (SSSR count). The SMILES string of the molecule is CC(Oc1ccc2[nH]nc(-c3nc4ccc(N5CCC(N6CCCCC6)CC5)cc4[nH]3)c2c1)c1c(Cl)cncc1Cl. The van der Waals surface area contributed by atoms with Gasteiger partial charge in [-0.3, -0.25) is 10.1 Å². The van der Waals surface area contributed by atoms with E-state index in [1.54, 1.807) is 12.4 Å². The number of anilines is 1. The summed E-state index contributed by atoms with van der Waals surface area (Å²) in [6, 6.07) is 13.1. The molecule has 3 aromatic heterocycles. The molecule has 1 atom stereocenters. The maximum Gasteiger partial charge on any atom is 0.159 e. The maximum atomic E-state index is 6.35. The first kappa shape index (κ1) is 26.6. The molecule has 2 fully saturated rings. The fourth-order valence-corrected chi connectivity index (χ4v) is 7.07. The van der Waals surface area contributed by atoms with Crippen LogP contribution in [0.5, 0.6) is 5.75 Å². The average Bonchev–Trinajstić information content (AvgIpc) is 3.61. The van der Waals surface area contributed by atoms with Crippen molar-refractivity contribution in [2.75, 3.05) is 31.1 Å². The number of H-pyrrole nitrogens is 2. The minimum absolute atomic E-state index is 0.361. The zero-order chi connectivity index (χ0) is 27.9. The molecule has 5 aromatic rings.